The molecule has 0 aromatic heterocycles. The van der Waals surface area contributed by atoms with Crippen LogP contribution >= 0.6 is 27.5 Å². The number of alkyl halides is 1. The van der Waals surface area contributed by atoms with Crippen molar-refractivity contribution >= 4 is 38.9 Å². The molecule has 19 heavy (non-hydrogen) atoms. The summed E-state index contributed by atoms with van der Waals surface area (Å²) in [7, 11) is 2.08. The highest BCUT2D eigenvalue weighted by Crippen LogP contribution is 2.32. The van der Waals surface area contributed by atoms with E-state index in [0.717, 1.165) is 15.7 Å². The van der Waals surface area contributed by atoms with E-state index < -0.39 is 0 Å². The molecule has 0 aliphatic heterocycles. The van der Waals surface area contributed by atoms with Crippen LogP contribution in [0.3, 0.4) is 0 Å². The summed E-state index contributed by atoms with van der Waals surface area (Å²) in [6, 6.07) is 12.8. The molecule has 0 bridgehead atoms. The van der Waals surface area contributed by atoms with Gasteiger partial charge in [0.25, 0.3) is 0 Å². The van der Waals surface area contributed by atoms with Crippen LogP contribution in [0.5, 0.6) is 0 Å². The van der Waals surface area contributed by atoms with Gasteiger partial charge in [0, 0.05) is 23.1 Å². The minimum atomic E-state index is 0.534. The van der Waals surface area contributed by atoms with Gasteiger partial charge in [0.1, 0.15) is 0 Å². The number of halogens is 2. The van der Waals surface area contributed by atoms with Crippen LogP contribution in [-0.4, -0.2) is 7.05 Å². The first-order valence-corrected chi connectivity index (χ1v) is 7.50. The molecule has 3 heteroatoms. The number of hydrogen-bond donors (Lipinski definition) is 0. The molecule has 0 aliphatic rings. The molecular weight excluding hydrogens is 322 g/mol. The summed E-state index contributed by atoms with van der Waals surface area (Å²) in [5.74, 6) is 0.534. The summed E-state index contributed by atoms with van der Waals surface area (Å²) in [4.78, 5) is 2.18. The number of anilines is 2. The lowest BCUT2D eigenvalue weighted by atomic mass is 10.1. The molecule has 0 unspecified atom stereocenters. The minimum absolute atomic E-state index is 0.534. The van der Waals surface area contributed by atoms with Crippen molar-refractivity contribution in [3.63, 3.8) is 0 Å². The zero-order valence-corrected chi connectivity index (χ0v) is 13.7. The fourth-order valence-corrected chi connectivity index (χ4v) is 3.05. The second-order valence-electron chi connectivity index (χ2n) is 4.82. The third-order valence-electron chi connectivity index (χ3n) is 3.12. The number of hydrogen-bond acceptors (Lipinski definition) is 1. The number of aryl methyl sites for hydroxylation is 2. The Hall–Kier alpha value is -0.990. The van der Waals surface area contributed by atoms with Crippen molar-refractivity contribution in [2.75, 3.05) is 11.9 Å². The molecule has 1 nitrogen and oxygen atoms in total. The smallest absolute Gasteiger partial charge is 0.0552 e. The van der Waals surface area contributed by atoms with Crippen LogP contribution in [-0.2, 0) is 5.88 Å². The molecule has 2 rings (SSSR count). The van der Waals surface area contributed by atoms with Gasteiger partial charge >= 0.3 is 0 Å². The number of benzene rings is 2. The molecular formula is C16H17BrClN. The van der Waals surface area contributed by atoms with E-state index in [2.05, 4.69) is 78.1 Å². The van der Waals surface area contributed by atoms with Gasteiger partial charge in [0.2, 0.25) is 0 Å². The van der Waals surface area contributed by atoms with Crippen molar-refractivity contribution in [3.05, 3.63) is 57.6 Å². The molecule has 100 valence electrons. The van der Waals surface area contributed by atoms with Crippen molar-refractivity contribution in [1.29, 1.82) is 0 Å². The van der Waals surface area contributed by atoms with Gasteiger partial charge in [-0.2, -0.15) is 0 Å². The molecule has 0 saturated carbocycles. The molecule has 2 aromatic carbocycles. The zero-order valence-electron chi connectivity index (χ0n) is 11.4. The molecule has 0 N–H and O–H groups in total. The maximum Gasteiger partial charge on any atom is 0.0552 e. The highest BCUT2D eigenvalue weighted by molar-refractivity contribution is 9.10. The third kappa shape index (κ3) is 3.31. The van der Waals surface area contributed by atoms with Gasteiger partial charge in [-0.3, -0.25) is 0 Å². The van der Waals surface area contributed by atoms with E-state index in [1.807, 2.05) is 0 Å². The van der Waals surface area contributed by atoms with Gasteiger partial charge in [-0.05, 0) is 70.7 Å². The van der Waals surface area contributed by atoms with Crippen LogP contribution in [0.15, 0.2) is 40.9 Å². The summed E-state index contributed by atoms with van der Waals surface area (Å²) >= 11 is 9.48. The maximum absolute atomic E-state index is 5.85. The zero-order chi connectivity index (χ0) is 14.0. The van der Waals surface area contributed by atoms with Crippen LogP contribution in [0.2, 0.25) is 0 Å². The van der Waals surface area contributed by atoms with E-state index in [-0.39, 0.29) is 0 Å². The van der Waals surface area contributed by atoms with E-state index in [9.17, 15) is 0 Å². The summed E-state index contributed by atoms with van der Waals surface area (Å²) in [6.07, 6.45) is 0. The van der Waals surface area contributed by atoms with Crippen LogP contribution in [0.1, 0.15) is 16.7 Å². The summed E-state index contributed by atoms with van der Waals surface area (Å²) in [6.45, 7) is 4.24. The van der Waals surface area contributed by atoms with E-state index >= 15 is 0 Å². The molecule has 2 aromatic rings. The normalized spacial score (nSPS) is 10.6. The Morgan fingerprint density at radius 1 is 1.05 bits per heavy atom. The van der Waals surface area contributed by atoms with Crippen LogP contribution in [0, 0.1) is 13.8 Å². The van der Waals surface area contributed by atoms with Gasteiger partial charge in [-0.25, -0.2) is 0 Å². The highest BCUT2D eigenvalue weighted by atomic mass is 79.9. The van der Waals surface area contributed by atoms with Crippen molar-refractivity contribution < 1.29 is 0 Å². The van der Waals surface area contributed by atoms with Gasteiger partial charge in [0.15, 0.2) is 0 Å². The van der Waals surface area contributed by atoms with E-state index in [1.54, 1.807) is 0 Å². The average molecular weight is 339 g/mol. The van der Waals surface area contributed by atoms with Crippen LogP contribution in [0.4, 0.5) is 11.4 Å². The van der Waals surface area contributed by atoms with Gasteiger partial charge in [0.05, 0.1) is 5.69 Å². The summed E-state index contributed by atoms with van der Waals surface area (Å²) in [5.41, 5.74) is 5.99. The monoisotopic (exact) mass is 337 g/mol. The van der Waals surface area contributed by atoms with Gasteiger partial charge in [-0.15, -0.1) is 11.6 Å². The topological polar surface area (TPSA) is 3.24 Å². The Bertz CT molecular complexity index is 575. The summed E-state index contributed by atoms with van der Waals surface area (Å²) < 4.78 is 1.06. The quantitative estimate of drug-likeness (QED) is 0.661. The standard InChI is InChI=1S/C16H17BrClN/c1-11-6-12(2)8-14(7-11)19(3)16-5-4-13(10-18)9-15(16)17/h4-9H,10H2,1-3H3. The maximum atomic E-state index is 5.85. The number of nitrogens with zero attached hydrogens (tertiary/aromatic N) is 1. The molecule has 0 saturated heterocycles. The first kappa shape index (κ1) is 14.4. The largest absolute Gasteiger partial charge is 0.344 e. The van der Waals surface area contributed by atoms with E-state index in [1.165, 1.54) is 16.8 Å². The number of rotatable bonds is 3. The molecule has 0 radical (unpaired) electrons. The Labute approximate surface area is 128 Å². The average Bonchev–Trinajstić information content (AvgIpc) is 2.36. The Kier molecular flexibility index (Phi) is 4.54. The van der Waals surface area contributed by atoms with E-state index in [0.29, 0.717) is 5.88 Å². The lowest BCUT2D eigenvalue weighted by Gasteiger charge is -2.22. The molecule has 0 amide bonds. The lowest BCUT2D eigenvalue weighted by Crippen LogP contribution is -2.10. The predicted molar refractivity (Wildman–Crippen MR) is 87.7 cm³/mol. The van der Waals surface area contributed by atoms with Crippen molar-refractivity contribution in [1.82, 2.24) is 0 Å². The second-order valence-corrected chi connectivity index (χ2v) is 5.95. The van der Waals surface area contributed by atoms with Crippen molar-refractivity contribution in [2.24, 2.45) is 0 Å². The molecule has 0 aliphatic carbocycles. The predicted octanol–water partition coefficient (Wildman–Crippen LogP) is 5.57. The van der Waals surface area contributed by atoms with E-state index in [4.69, 9.17) is 11.6 Å². The molecule has 0 fully saturated rings. The van der Waals surface area contributed by atoms with Crippen LogP contribution in [0.25, 0.3) is 0 Å². The molecule has 0 spiro atoms. The Morgan fingerprint density at radius 3 is 2.21 bits per heavy atom. The lowest BCUT2D eigenvalue weighted by molar-refractivity contribution is 1.18. The fourth-order valence-electron chi connectivity index (χ4n) is 2.19. The third-order valence-corrected chi connectivity index (χ3v) is 4.07. The van der Waals surface area contributed by atoms with Gasteiger partial charge < -0.3 is 4.90 Å². The SMILES string of the molecule is Cc1cc(C)cc(N(C)c2ccc(CCl)cc2Br)c1. The minimum Gasteiger partial charge on any atom is -0.344 e. The van der Waals surface area contributed by atoms with Crippen molar-refractivity contribution in [3.8, 4) is 0 Å². The van der Waals surface area contributed by atoms with Gasteiger partial charge in [-0.1, -0.05) is 12.1 Å². The second kappa shape index (κ2) is 5.98. The first-order valence-electron chi connectivity index (χ1n) is 6.17. The highest BCUT2D eigenvalue weighted by Gasteiger charge is 2.09. The summed E-state index contributed by atoms with van der Waals surface area (Å²) in [5, 5.41) is 0. The Balaban J connectivity index is 2.40. The molecule has 0 atom stereocenters. The Morgan fingerprint density at radius 2 is 1.68 bits per heavy atom. The first-order chi connectivity index (χ1) is 9.01. The fraction of sp³-hybridized carbons (Fsp3) is 0.250. The van der Waals surface area contributed by atoms with Crippen molar-refractivity contribution in [2.45, 2.75) is 19.7 Å². The molecule has 0 heterocycles. The van der Waals surface area contributed by atoms with Crippen LogP contribution < -0.4 is 4.90 Å².